The predicted molar refractivity (Wildman–Crippen MR) is 65.8 cm³/mol. The van der Waals surface area contributed by atoms with Crippen molar-refractivity contribution in [2.24, 2.45) is 0 Å². The first-order chi connectivity index (χ1) is 7.13. The molecule has 0 aliphatic carbocycles. The number of rotatable bonds is 5. The fourth-order valence-electron chi connectivity index (χ4n) is 1.16. The number of carbonyl (C=O) groups is 1. The van der Waals surface area contributed by atoms with Gasteiger partial charge >= 0.3 is 0 Å². The van der Waals surface area contributed by atoms with E-state index in [-0.39, 0.29) is 11.6 Å². The third-order valence-corrected chi connectivity index (χ3v) is 3.57. The molecule has 0 saturated heterocycles. The molecular formula is C11H12BrFOS. The van der Waals surface area contributed by atoms with E-state index in [2.05, 4.69) is 15.9 Å². The molecule has 0 atom stereocenters. The van der Waals surface area contributed by atoms with Crippen molar-refractivity contribution >= 4 is 33.5 Å². The van der Waals surface area contributed by atoms with Gasteiger partial charge in [0.25, 0.3) is 0 Å². The van der Waals surface area contributed by atoms with Crippen molar-refractivity contribution in [3.8, 4) is 0 Å². The molecule has 0 unspecified atom stereocenters. The highest BCUT2D eigenvalue weighted by atomic mass is 79.9. The monoisotopic (exact) mass is 290 g/mol. The normalized spacial score (nSPS) is 10.3. The summed E-state index contributed by atoms with van der Waals surface area (Å²) < 4.78 is 13.7. The van der Waals surface area contributed by atoms with Gasteiger partial charge in [0, 0.05) is 10.9 Å². The number of ketones is 1. The summed E-state index contributed by atoms with van der Waals surface area (Å²) in [5.41, 5.74) is 0.719. The van der Waals surface area contributed by atoms with Gasteiger partial charge in [-0.05, 0) is 29.5 Å². The van der Waals surface area contributed by atoms with Crippen LogP contribution >= 0.6 is 27.7 Å². The van der Waals surface area contributed by atoms with Crippen LogP contribution in [-0.4, -0.2) is 17.3 Å². The summed E-state index contributed by atoms with van der Waals surface area (Å²) in [5, 5.41) is 0. The lowest BCUT2D eigenvalue weighted by Crippen LogP contribution is -2.06. The summed E-state index contributed by atoms with van der Waals surface area (Å²) in [6, 6.07) is 4.41. The molecule has 0 heterocycles. The van der Waals surface area contributed by atoms with Crippen LogP contribution in [0.3, 0.4) is 0 Å². The van der Waals surface area contributed by atoms with Crippen molar-refractivity contribution in [2.45, 2.75) is 13.3 Å². The van der Waals surface area contributed by atoms with E-state index in [1.807, 2.05) is 6.92 Å². The Hall–Kier alpha value is -0.350. The first-order valence-electron chi connectivity index (χ1n) is 4.67. The molecule has 0 aliphatic heterocycles. The lowest BCUT2D eigenvalue weighted by atomic mass is 10.1. The van der Waals surface area contributed by atoms with Crippen molar-refractivity contribution in [2.75, 3.05) is 11.5 Å². The van der Waals surface area contributed by atoms with Crippen molar-refractivity contribution < 1.29 is 9.18 Å². The molecule has 0 bridgehead atoms. The van der Waals surface area contributed by atoms with E-state index in [0.29, 0.717) is 12.2 Å². The van der Waals surface area contributed by atoms with Crippen LogP contribution in [0.25, 0.3) is 0 Å². The largest absolute Gasteiger partial charge is 0.298 e. The van der Waals surface area contributed by atoms with Gasteiger partial charge < -0.3 is 0 Å². The van der Waals surface area contributed by atoms with Crippen molar-refractivity contribution in [3.05, 3.63) is 34.1 Å². The minimum atomic E-state index is -0.302. The van der Waals surface area contributed by atoms with E-state index < -0.39 is 0 Å². The number of carbonyl (C=O) groups excluding carboxylic acids is 1. The molecule has 0 aromatic heterocycles. The molecule has 0 N–H and O–H groups in total. The van der Waals surface area contributed by atoms with Crippen LogP contribution in [-0.2, 0) is 11.2 Å². The highest BCUT2D eigenvalue weighted by Crippen LogP contribution is 2.19. The summed E-state index contributed by atoms with van der Waals surface area (Å²) in [6.07, 6.45) is 0.297. The van der Waals surface area contributed by atoms with Crippen LogP contribution in [0, 0.1) is 5.82 Å². The van der Waals surface area contributed by atoms with Gasteiger partial charge in [0.1, 0.15) is 11.6 Å². The zero-order chi connectivity index (χ0) is 11.3. The molecular weight excluding hydrogens is 279 g/mol. The Kier molecular flexibility index (Phi) is 5.32. The number of hydrogen-bond donors (Lipinski definition) is 0. The van der Waals surface area contributed by atoms with Gasteiger partial charge in [-0.2, -0.15) is 11.8 Å². The summed E-state index contributed by atoms with van der Waals surface area (Å²) in [7, 11) is 0. The maximum absolute atomic E-state index is 12.9. The zero-order valence-corrected chi connectivity index (χ0v) is 10.8. The third-order valence-electron chi connectivity index (χ3n) is 1.86. The Morgan fingerprint density at radius 3 is 2.93 bits per heavy atom. The second-order valence-corrected chi connectivity index (χ2v) is 5.22. The minimum absolute atomic E-state index is 0.133. The fraction of sp³-hybridized carbons (Fsp3) is 0.364. The average Bonchev–Trinajstić information content (AvgIpc) is 2.20. The average molecular weight is 291 g/mol. The summed E-state index contributed by atoms with van der Waals surface area (Å²) in [6.45, 7) is 2.01. The number of benzene rings is 1. The van der Waals surface area contributed by atoms with E-state index in [0.717, 1.165) is 15.8 Å². The van der Waals surface area contributed by atoms with Crippen molar-refractivity contribution in [1.29, 1.82) is 0 Å². The van der Waals surface area contributed by atoms with E-state index in [1.165, 1.54) is 12.1 Å². The molecule has 1 nitrogen and oxygen atoms in total. The Labute approximate surface area is 102 Å². The first-order valence-corrected chi connectivity index (χ1v) is 6.61. The van der Waals surface area contributed by atoms with Gasteiger partial charge in [-0.3, -0.25) is 4.79 Å². The summed E-state index contributed by atoms with van der Waals surface area (Å²) in [4.78, 5) is 11.5. The smallest absolute Gasteiger partial charge is 0.147 e. The van der Waals surface area contributed by atoms with E-state index >= 15 is 0 Å². The second kappa shape index (κ2) is 6.28. The second-order valence-electron chi connectivity index (χ2n) is 3.09. The zero-order valence-electron chi connectivity index (χ0n) is 8.43. The van der Waals surface area contributed by atoms with Crippen molar-refractivity contribution in [3.63, 3.8) is 0 Å². The molecule has 82 valence electrons. The highest BCUT2D eigenvalue weighted by Gasteiger charge is 2.07. The molecule has 1 rings (SSSR count). The topological polar surface area (TPSA) is 17.1 Å². The maximum atomic E-state index is 12.9. The lowest BCUT2D eigenvalue weighted by molar-refractivity contribution is -0.116. The van der Waals surface area contributed by atoms with Crippen LogP contribution < -0.4 is 0 Å². The van der Waals surface area contributed by atoms with Gasteiger partial charge in [-0.25, -0.2) is 4.39 Å². The lowest BCUT2D eigenvalue weighted by Gasteiger charge is -2.03. The van der Waals surface area contributed by atoms with Gasteiger partial charge in [0.2, 0.25) is 0 Å². The van der Waals surface area contributed by atoms with E-state index in [9.17, 15) is 9.18 Å². The Morgan fingerprint density at radius 1 is 1.53 bits per heavy atom. The molecule has 0 saturated carbocycles. The Morgan fingerprint density at radius 2 is 2.27 bits per heavy atom. The quantitative estimate of drug-likeness (QED) is 0.826. The Balaban J connectivity index is 2.63. The van der Waals surface area contributed by atoms with Crippen LogP contribution in [0.4, 0.5) is 4.39 Å². The minimum Gasteiger partial charge on any atom is -0.298 e. The van der Waals surface area contributed by atoms with Crippen LogP contribution in [0.1, 0.15) is 12.5 Å². The highest BCUT2D eigenvalue weighted by molar-refractivity contribution is 9.10. The fourth-order valence-corrected chi connectivity index (χ4v) is 2.08. The van der Waals surface area contributed by atoms with Crippen LogP contribution in [0.15, 0.2) is 22.7 Å². The molecule has 4 heteroatoms. The predicted octanol–water partition coefficient (Wildman–Crippen LogP) is 3.45. The summed E-state index contributed by atoms with van der Waals surface area (Å²) in [5.74, 6) is 1.26. The SMILES string of the molecule is CCSCC(=O)Cc1cc(F)ccc1Br. The van der Waals surface area contributed by atoms with Crippen molar-refractivity contribution in [1.82, 2.24) is 0 Å². The van der Waals surface area contributed by atoms with E-state index in [4.69, 9.17) is 0 Å². The molecule has 1 aromatic rings. The molecule has 0 spiro atoms. The molecule has 0 radical (unpaired) electrons. The van der Waals surface area contributed by atoms with Gasteiger partial charge in [-0.1, -0.05) is 22.9 Å². The first kappa shape index (κ1) is 12.7. The third kappa shape index (κ3) is 4.34. The standard InChI is InChI=1S/C11H12BrFOS/c1-2-15-7-10(14)6-8-5-9(13)3-4-11(8)12/h3-5H,2,6-7H2,1H3. The summed E-state index contributed by atoms with van der Waals surface area (Å²) >= 11 is 4.89. The number of hydrogen-bond acceptors (Lipinski definition) is 2. The molecule has 0 aliphatic rings. The van der Waals surface area contributed by atoms with Gasteiger partial charge in [0.15, 0.2) is 0 Å². The maximum Gasteiger partial charge on any atom is 0.147 e. The molecule has 0 fully saturated rings. The number of halogens is 2. The van der Waals surface area contributed by atoms with Crippen LogP contribution in [0.5, 0.6) is 0 Å². The number of Topliss-reactive ketones (excluding diaryl/α,β-unsaturated/α-hetero) is 1. The molecule has 1 aromatic carbocycles. The van der Waals surface area contributed by atoms with E-state index in [1.54, 1.807) is 17.8 Å². The molecule has 15 heavy (non-hydrogen) atoms. The van der Waals surface area contributed by atoms with Crippen LogP contribution in [0.2, 0.25) is 0 Å². The molecule has 0 amide bonds. The van der Waals surface area contributed by atoms with Gasteiger partial charge in [0.05, 0.1) is 5.75 Å². The van der Waals surface area contributed by atoms with Gasteiger partial charge in [-0.15, -0.1) is 0 Å². The Bertz CT molecular complexity index is 354. The number of thioether (sulfide) groups is 1.